The Bertz CT molecular complexity index is 283. The molecular weight excluding hydrogens is 210 g/mol. The molecule has 0 fully saturated rings. The molecule has 3 nitrogen and oxygen atoms in total. The highest BCUT2D eigenvalue weighted by atomic mass is 35.5. The molecule has 0 unspecified atom stereocenters. The Morgan fingerprint density at radius 3 is 3.00 bits per heavy atom. The number of aromatic nitrogens is 1. The Balaban J connectivity index is 2.87. The zero-order chi connectivity index (χ0) is 9.68. The van der Waals surface area contributed by atoms with Crippen LogP contribution in [0.1, 0.15) is 0 Å². The highest BCUT2D eigenvalue weighted by molar-refractivity contribution is 7.98. The summed E-state index contributed by atoms with van der Waals surface area (Å²) in [7, 11) is 1.56. The minimum absolute atomic E-state index is 0.180. The number of methoxy groups -OCH3 is 1. The zero-order valence-electron chi connectivity index (χ0n) is 7.41. The fraction of sp³-hybridized carbons (Fsp3) is 0.375. The molecule has 0 bridgehead atoms. The Morgan fingerprint density at radius 1 is 1.62 bits per heavy atom. The average Bonchev–Trinajstić information content (AvgIpc) is 2.15. The van der Waals surface area contributed by atoms with E-state index in [1.54, 1.807) is 25.1 Å². The third kappa shape index (κ3) is 2.76. The number of nitrogens with zero attached hydrogens (tertiary/aromatic N) is 1. The number of ether oxygens (including phenoxy) is 2. The number of halogens is 1. The lowest BCUT2D eigenvalue weighted by Crippen LogP contribution is -2.01. The van der Waals surface area contributed by atoms with Gasteiger partial charge < -0.3 is 9.47 Å². The second-order valence-electron chi connectivity index (χ2n) is 2.18. The maximum atomic E-state index is 5.84. The van der Waals surface area contributed by atoms with Gasteiger partial charge in [0.05, 0.1) is 4.90 Å². The molecule has 0 saturated heterocycles. The molecule has 0 amide bonds. The SMILES string of the molecule is COCOc1c(SC)ccnc1Cl. The van der Waals surface area contributed by atoms with Gasteiger partial charge in [0, 0.05) is 13.3 Å². The van der Waals surface area contributed by atoms with Gasteiger partial charge in [0.15, 0.2) is 17.7 Å². The van der Waals surface area contributed by atoms with Gasteiger partial charge in [-0.25, -0.2) is 4.98 Å². The molecule has 1 aromatic heterocycles. The number of pyridine rings is 1. The second kappa shape index (κ2) is 5.32. The van der Waals surface area contributed by atoms with Crippen LogP contribution >= 0.6 is 23.4 Å². The van der Waals surface area contributed by atoms with E-state index in [9.17, 15) is 0 Å². The first-order valence-electron chi connectivity index (χ1n) is 3.59. The number of hydrogen-bond acceptors (Lipinski definition) is 4. The van der Waals surface area contributed by atoms with Gasteiger partial charge >= 0.3 is 0 Å². The monoisotopic (exact) mass is 219 g/mol. The highest BCUT2D eigenvalue weighted by Crippen LogP contribution is 2.32. The molecule has 5 heteroatoms. The van der Waals surface area contributed by atoms with E-state index >= 15 is 0 Å². The molecule has 0 aliphatic carbocycles. The Labute approximate surface area is 86.4 Å². The molecule has 0 aromatic carbocycles. The van der Waals surface area contributed by atoms with Crippen LogP contribution in [-0.4, -0.2) is 25.1 Å². The summed E-state index contributed by atoms with van der Waals surface area (Å²) in [5, 5.41) is 0.365. The van der Waals surface area contributed by atoms with Gasteiger partial charge in [-0.3, -0.25) is 0 Å². The third-order valence-corrected chi connectivity index (χ3v) is 2.40. The predicted molar refractivity (Wildman–Crippen MR) is 53.5 cm³/mol. The summed E-state index contributed by atoms with van der Waals surface area (Å²) in [6.45, 7) is 0.180. The van der Waals surface area contributed by atoms with Crippen LogP contribution in [0.2, 0.25) is 5.15 Å². The molecule has 72 valence electrons. The minimum Gasteiger partial charge on any atom is -0.463 e. The maximum Gasteiger partial charge on any atom is 0.188 e. The Hall–Kier alpha value is -0.450. The lowest BCUT2D eigenvalue weighted by molar-refractivity contribution is 0.0489. The second-order valence-corrected chi connectivity index (χ2v) is 3.39. The number of thioether (sulfide) groups is 1. The fourth-order valence-electron chi connectivity index (χ4n) is 0.816. The largest absolute Gasteiger partial charge is 0.463 e. The van der Waals surface area contributed by atoms with Crippen LogP contribution in [-0.2, 0) is 4.74 Å². The summed E-state index contributed by atoms with van der Waals surface area (Å²) in [6, 6.07) is 1.85. The minimum atomic E-state index is 0.180. The molecule has 1 aromatic rings. The van der Waals surface area contributed by atoms with Crippen LogP contribution < -0.4 is 4.74 Å². The quantitative estimate of drug-likeness (QED) is 0.442. The van der Waals surface area contributed by atoms with Crippen molar-refractivity contribution in [2.45, 2.75) is 4.90 Å². The van der Waals surface area contributed by atoms with E-state index in [1.165, 1.54) is 0 Å². The van der Waals surface area contributed by atoms with Crippen molar-refractivity contribution >= 4 is 23.4 Å². The van der Waals surface area contributed by atoms with Gasteiger partial charge in [-0.1, -0.05) is 11.6 Å². The summed E-state index contributed by atoms with van der Waals surface area (Å²) >= 11 is 7.39. The van der Waals surface area contributed by atoms with Crippen LogP contribution in [0.25, 0.3) is 0 Å². The van der Waals surface area contributed by atoms with Crippen LogP contribution in [0.15, 0.2) is 17.2 Å². The summed E-state index contributed by atoms with van der Waals surface area (Å²) in [5.41, 5.74) is 0. The van der Waals surface area contributed by atoms with Gasteiger partial charge in [0.25, 0.3) is 0 Å². The Kier molecular flexibility index (Phi) is 4.35. The molecule has 0 atom stereocenters. The molecule has 1 heterocycles. The third-order valence-electron chi connectivity index (χ3n) is 1.37. The molecular formula is C8H10ClNO2S. The van der Waals surface area contributed by atoms with E-state index in [0.29, 0.717) is 10.9 Å². The first-order chi connectivity index (χ1) is 6.29. The van der Waals surface area contributed by atoms with E-state index in [1.807, 2.05) is 12.3 Å². The predicted octanol–water partition coefficient (Wildman–Crippen LogP) is 2.44. The van der Waals surface area contributed by atoms with Crippen molar-refractivity contribution in [2.24, 2.45) is 0 Å². The van der Waals surface area contributed by atoms with Crippen molar-refractivity contribution in [1.29, 1.82) is 0 Å². The zero-order valence-corrected chi connectivity index (χ0v) is 8.98. The topological polar surface area (TPSA) is 31.4 Å². The van der Waals surface area contributed by atoms with Crippen molar-refractivity contribution in [1.82, 2.24) is 4.98 Å². The van der Waals surface area contributed by atoms with Crippen molar-refractivity contribution in [2.75, 3.05) is 20.2 Å². The smallest absolute Gasteiger partial charge is 0.188 e. The molecule has 0 N–H and O–H groups in total. The lowest BCUT2D eigenvalue weighted by atomic mass is 10.4. The first-order valence-corrected chi connectivity index (χ1v) is 5.20. The maximum absolute atomic E-state index is 5.84. The van der Waals surface area contributed by atoms with Crippen molar-refractivity contribution in [3.8, 4) is 5.75 Å². The highest BCUT2D eigenvalue weighted by Gasteiger charge is 2.08. The van der Waals surface area contributed by atoms with E-state index < -0.39 is 0 Å². The van der Waals surface area contributed by atoms with Crippen molar-refractivity contribution < 1.29 is 9.47 Å². The summed E-state index contributed by atoms with van der Waals surface area (Å²) < 4.78 is 10.1. The standard InChI is InChI=1S/C8H10ClNO2S/c1-11-5-12-7-6(13-2)3-4-10-8(7)9/h3-4H,5H2,1-2H3. The van der Waals surface area contributed by atoms with Crippen LogP contribution in [0.4, 0.5) is 0 Å². The molecule has 0 aliphatic rings. The van der Waals surface area contributed by atoms with Gasteiger partial charge in [-0.2, -0.15) is 0 Å². The van der Waals surface area contributed by atoms with Gasteiger partial charge in [-0.05, 0) is 12.3 Å². The van der Waals surface area contributed by atoms with E-state index in [4.69, 9.17) is 21.1 Å². The van der Waals surface area contributed by atoms with E-state index in [-0.39, 0.29) is 6.79 Å². The average molecular weight is 220 g/mol. The molecule has 1 rings (SSSR count). The summed E-state index contributed by atoms with van der Waals surface area (Å²) in [5.74, 6) is 0.582. The van der Waals surface area contributed by atoms with E-state index in [2.05, 4.69) is 4.98 Å². The Morgan fingerprint density at radius 2 is 2.38 bits per heavy atom. The van der Waals surface area contributed by atoms with Gasteiger partial charge in [0.1, 0.15) is 0 Å². The normalized spacial score (nSPS) is 10.1. The summed E-state index contributed by atoms with van der Waals surface area (Å²) in [6.07, 6.45) is 3.60. The molecule has 0 aliphatic heterocycles. The van der Waals surface area contributed by atoms with Crippen LogP contribution in [0.5, 0.6) is 5.75 Å². The molecule has 13 heavy (non-hydrogen) atoms. The molecule has 0 saturated carbocycles. The molecule has 0 spiro atoms. The molecule has 0 radical (unpaired) electrons. The number of hydrogen-bond donors (Lipinski definition) is 0. The fourth-order valence-corrected chi connectivity index (χ4v) is 1.62. The summed E-state index contributed by atoms with van der Waals surface area (Å²) in [4.78, 5) is 4.87. The van der Waals surface area contributed by atoms with Crippen LogP contribution in [0.3, 0.4) is 0 Å². The van der Waals surface area contributed by atoms with Crippen LogP contribution in [0, 0.1) is 0 Å². The lowest BCUT2D eigenvalue weighted by Gasteiger charge is -2.09. The van der Waals surface area contributed by atoms with Gasteiger partial charge in [0.2, 0.25) is 0 Å². The van der Waals surface area contributed by atoms with Crippen molar-refractivity contribution in [3.63, 3.8) is 0 Å². The van der Waals surface area contributed by atoms with Gasteiger partial charge in [-0.15, -0.1) is 11.8 Å². The van der Waals surface area contributed by atoms with Crippen molar-refractivity contribution in [3.05, 3.63) is 17.4 Å². The first kappa shape index (κ1) is 10.6. The van der Waals surface area contributed by atoms with E-state index in [0.717, 1.165) is 4.90 Å². The number of rotatable bonds is 4.